The van der Waals surface area contributed by atoms with Crippen molar-refractivity contribution in [3.8, 4) is 0 Å². The Labute approximate surface area is 135 Å². The number of aromatic nitrogens is 2. The van der Waals surface area contributed by atoms with Crippen molar-refractivity contribution >= 4 is 5.91 Å². The number of hydrogen-bond acceptors (Lipinski definition) is 3. The van der Waals surface area contributed by atoms with Crippen molar-refractivity contribution in [3.63, 3.8) is 0 Å². The number of amides is 1. The molecule has 1 aliphatic rings. The first-order valence-electron chi connectivity index (χ1n) is 7.93. The number of fused-ring (bicyclic) bond motifs is 1. The summed E-state index contributed by atoms with van der Waals surface area (Å²) in [5.74, 6) is 0.0954. The van der Waals surface area contributed by atoms with Gasteiger partial charge in [0.15, 0.2) is 0 Å². The minimum absolute atomic E-state index is 0.0954. The molecule has 5 nitrogen and oxygen atoms in total. The number of carbonyl (C=O) groups excluding carboxylic acids is 1. The number of nitrogens with one attached hydrogen (secondary N) is 1. The average Bonchev–Trinajstić information content (AvgIpc) is 2.52. The highest BCUT2D eigenvalue weighted by atomic mass is 16.2. The molecule has 5 heteroatoms. The van der Waals surface area contributed by atoms with Crippen LogP contribution in [0.15, 0.2) is 29.3 Å². The summed E-state index contributed by atoms with van der Waals surface area (Å²) in [4.78, 5) is 32.9. The van der Waals surface area contributed by atoms with Gasteiger partial charge in [0.25, 0.3) is 5.56 Å². The first kappa shape index (κ1) is 15.5. The lowest BCUT2D eigenvalue weighted by atomic mass is 10.0. The second-order valence-electron chi connectivity index (χ2n) is 6.22. The van der Waals surface area contributed by atoms with Crippen molar-refractivity contribution in [1.82, 2.24) is 14.9 Å². The van der Waals surface area contributed by atoms with Gasteiger partial charge in [0.05, 0.1) is 24.1 Å². The van der Waals surface area contributed by atoms with E-state index in [1.54, 1.807) is 4.90 Å². The van der Waals surface area contributed by atoms with E-state index in [1.807, 2.05) is 0 Å². The number of carbonyl (C=O) groups is 1. The first-order chi connectivity index (χ1) is 11.0. The molecule has 1 amide bonds. The Morgan fingerprint density at radius 1 is 1.26 bits per heavy atom. The van der Waals surface area contributed by atoms with Gasteiger partial charge in [-0.3, -0.25) is 9.59 Å². The zero-order chi connectivity index (χ0) is 16.4. The third kappa shape index (κ3) is 3.50. The van der Waals surface area contributed by atoms with Gasteiger partial charge in [0.2, 0.25) is 5.91 Å². The fourth-order valence-electron chi connectivity index (χ4n) is 3.19. The summed E-state index contributed by atoms with van der Waals surface area (Å²) in [6, 6.07) is 6.38. The minimum atomic E-state index is -0.137. The molecular weight excluding hydrogens is 290 g/mol. The third-order valence-corrected chi connectivity index (χ3v) is 4.27. The van der Waals surface area contributed by atoms with E-state index >= 15 is 0 Å². The largest absolute Gasteiger partial charge is 0.338 e. The molecule has 2 aromatic rings. The SMILES string of the molecule is Cc1cc(C)cc(CCC(=O)N2CCc3nc[nH]c(=O)c3C2)c1. The first-order valence-corrected chi connectivity index (χ1v) is 7.93. The third-order valence-electron chi connectivity index (χ3n) is 4.27. The number of hydrogen-bond donors (Lipinski definition) is 1. The van der Waals surface area contributed by atoms with E-state index in [4.69, 9.17) is 0 Å². The molecule has 0 unspecified atom stereocenters. The molecule has 0 saturated carbocycles. The van der Waals surface area contributed by atoms with Gasteiger partial charge in [-0.1, -0.05) is 29.3 Å². The van der Waals surface area contributed by atoms with Gasteiger partial charge in [0, 0.05) is 19.4 Å². The van der Waals surface area contributed by atoms with Crippen molar-refractivity contribution < 1.29 is 4.79 Å². The molecule has 0 saturated heterocycles. The van der Waals surface area contributed by atoms with Crippen molar-refractivity contribution in [1.29, 1.82) is 0 Å². The maximum atomic E-state index is 12.5. The molecule has 0 spiro atoms. The van der Waals surface area contributed by atoms with E-state index < -0.39 is 0 Å². The smallest absolute Gasteiger partial charge is 0.255 e. The second kappa shape index (κ2) is 6.36. The van der Waals surface area contributed by atoms with E-state index in [1.165, 1.54) is 23.0 Å². The zero-order valence-corrected chi connectivity index (χ0v) is 13.6. The number of H-pyrrole nitrogens is 1. The van der Waals surface area contributed by atoms with Gasteiger partial charge < -0.3 is 9.88 Å². The highest BCUT2D eigenvalue weighted by Gasteiger charge is 2.23. The van der Waals surface area contributed by atoms with E-state index in [-0.39, 0.29) is 11.5 Å². The topological polar surface area (TPSA) is 66.1 Å². The lowest BCUT2D eigenvalue weighted by molar-refractivity contribution is -0.132. The standard InChI is InChI=1S/C18H21N3O2/c1-12-7-13(2)9-14(8-12)3-4-17(22)21-6-5-16-15(10-21)18(23)20-11-19-16/h7-9,11H,3-6,10H2,1-2H3,(H,19,20,23). The minimum Gasteiger partial charge on any atom is -0.338 e. The molecular formula is C18H21N3O2. The second-order valence-corrected chi connectivity index (χ2v) is 6.22. The summed E-state index contributed by atoms with van der Waals surface area (Å²) in [5.41, 5.74) is 4.93. The molecule has 1 N–H and O–H groups in total. The van der Waals surface area contributed by atoms with E-state index in [0.717, 1.165) is 12.1 Å². The molecule has 120 valence electrons. The van der Waals surface area contributed by atoms with Gasteiger partial charge in [-0.2, -0.15) is 0 Å². The molecule has 23 heavy (non-hydrogen) atoms. The number of aromatic amines is 1. The maximum Gasteiger partial charge on any atom is 0.255 e. The van der Waals surface area contributed by atoms with Crippen LogP contribution < -0.4 is 5.56 Å². The summed E-state index contributed by atoms with van der Waals surface area (Å²) >= 11 is 0. The van der Waals surface area contributed by atoms with Crippen LogP contribution in [-0.4, -0.2) is 27.3 Å². The number of rotatable bonds is 3. The van der Waals surface area contributed by atoms with Crippen molar-refractivity contribution in [2.24, 2.45) is 0 Å². The molecule has 0 aliphatic carbocycles. The van der Waals surface area contributed by atoms with Crippen molar-refractivity contribution in [2.75, 3.05) is 6.54 Å². The molecule has 0 fully saturated rings. The van der Waals surface area contributed by atoms with Crippen molar-refractivity contribution in [2.45, 2.75) is 39.7 Å². The Morgan fingerprint density at radius 3 is 2.74 bits per heavy atom. The lowest BCUT2D eigenvalue weighted by Crippen LogP contribution is -2.39. The van der Waals surface area contributed by atoms with E-state index in [0.29, 0.717) is 31.5 Å². The fourth-order valence-corrected chi connectivity index (χ4v) is 3.19. The van der Waals surface area contributed by atoms with Gasteiger partial charge >= 0.3 is 0 Å². The molecule has 1 aliphatic heterocycles. The van der Waals surface area contributed by atoms with Crippen molar-refractivity contribution in [3.05, 3.63) is 62.8 Å². The molecule has 2 heterocycles. The van der Waals surface area contributed by atoms with E-state index in [2.05, 4.69) is 42.0 Å². The molecule has 0 atom stereocenters. The van der Waals surface area contributed by atoms with Gasteiger partial charge in [-0.15, -0.1) is 0 Å². The van der Waals surface area contributed by atoms with Crippen LogP contribution in [0.5, 0.6) is 0 Å². The normalized spacial score (nSPS) is 13.7. The van der Waals surface area contributed by atoms with Gasteiger partial charge in [-0.05, 0) is 25.8 Å². The lowest BCUT2D eigenvalue weighted by Gasteiger charge is -2.27. The van der Waals surface area contributed by atoms with Crippen LogP contribution in [-0.2, 0) is 24.2 Å². The van der Waals surface area contributed by atoms with Gasteiger partial charge in [-0.25, -0.2) is 4.98 Å². The molecule has 0 radical (unpaired) electrons. The number of nitrogens with zero attached hydrogens (tertiary/aromatic N) is 2. The van der Waals surface area contributed by atoms with Gasteiger partial charge in [0.1, 0.15) is 0 Å². The predicted molar refractivity (Wildman–Crippen MR) is 88.2 cm³/mol. The Hall–Kier alpha value is -2.43. The maximum absolute atomic E-state index is 12.5. The van der Waals surface area contributed by atoms with Crippen LogP contribution in [0.25, 0.3) is 0 Å². The predicted octanol–water partition coefficient (Wildman–Crippen LogP) is 1.90. The Morgan fingerprint density at radius 2 is 2.00 bits per heavy atom. The van der Waals surface area contributed by atoms with Crippen LogP contribution in [0.4, 0.5) is 0 Å². The van der Waals surface area contributed by atoms with Crippen LogP contribution in [0.2, 0.25) is 0 Å². The molecule has 1 aromatic heterocycles. The quantitative estimate of drug-likeness (QED) is 0.941. The van der Waals surface area contributed by atoms with E-state index in [9.17, 15) is 9.59 Å². The molecule has 3 rings (SSSR count). The molecule has 0 bridgehead atoms. The summed E-state index contributed by atoms with van der Waals surface area (Å²) in [5, 5.41) is 0. The number of benzene rings is 1. The summed E-state index contributed by atoms with van der Waals surface area (Å²) in [6.07, 6.45) is 3.28. The highest BCUT2D eigenvalue weighted by Crippen LogP contribution is 2.16. The fraction of sp³-hybridized carbons (Fsp3) is 0.389. The van der Waals surface area contributed by atoms with Crippen LogP contribution >= 0.6 is 0 Å². The summed E-state index contributed by atoms with van der Waals surface area (Å²) in [7, 11) is 0. The summed E-state index contributed by atoms with van der Waals surface area (Å²) < 4.78 is 0. The zero-order valence-electron chi connectivity index (χ0n) is 13.6. The van der Waals surface area contributed by atoms with Crippen LogP contribution in [0.3, 0.4) is 0 Å². The Balaban J connectivity index is 1.65. The Kier molecular flexibility index (Phi) is 4.28. The Bertz CT molecular complexity index is 775. The average molecular weight is 311 g/mol. The van der Waals surface area contributed by atoms with Crippen LogP contribution in [0, 0.1) is 13.8 Å². The molecule has 1 aromatic carbocycles. The highest BCUT2D eigenvalue weighted by molar-refractivity contribution is 5.76. The summed E-state index contributed by atoms with van der Waals surface area (Å²) in [6.45, 7) is 5.14. The van der Waals surface area contributed by atoms with Crippen LogP contribution in [0.1, 0.15) is 34.4 Å². The monoisotopic (exact) mass is 311 g/mol. The number of aryl methyl sites for hydroxylation is 3.